The van der Waals surface area contributed by atoms with Crippen molar-refractivity contribution in [2.45, 2.75) is 25.7 Å². The van der Waals surface area contributed by atoms with Crippen molar-refractivity contribution in [2.75, 3.05) is 64.5 Å². The minimum Gasteiger partial charge on any atom is -0.495 e. The van der Waals surface area contributed by atoms with E-state index in [2.05, 4.69) is 14.9 Å². The van der Waals surface area contributed by atoms with Crippen LogP contribution in [0, 0.1) is 6.92 Å². The summed E-state index contributed by atoms with van der Waals surface area (Å²) < 4.78 is 51.6. The number of hydrogen-bond acceptors (Lipinski definition) is 6. The molecule has 1 aromatic heterocycles. The molecule has 0 radical (unpaired) electrons. The number of alkyl halides is 3. The zero-order valence-corrected chi connectivity index (χ0v) is 21.5. The second-order valence-corrected chi connectivity index (χ2v) is 9.61. The van der Waals surface area contributed by atoms with E-state index in [4.69, 9.17) is 32.7 Å². The molecule has 0 N–H and O–H groups in total. The van der Waals surface area contributed by atoms with Gasteiger partial charge in [-0.15, -0.1) is 0 Å². The Morgan fingerprint density at radius 3 is 2.56 bits per heavy atom. The fourth-order valence-corrected chi connectivity index (χ4v) is 5.02. The highest BCUT2D eigenvalue weighted by Gasteiger charge is 2.39. The molecule has 2 aliphatic heterocycles. The van der Waals surface area contributed by atoms with Gasteiger partial charge in [0.2, 0.25) is 5.91 Å². The van der Waals surface area contributed by atoms with Crippen molar-refractivity contribution >= 4 is 34.8 Å². The van der Waals surface area contributed by atoms with Gasteiger partial charge in [0.25, 0.3) is 0 Å². The van der Waals surface area contributed by atoms with Crippen LogP contribution >= 0.6 is 23.2 Å². The average Bonchev–Trinajstić information content (AvgIpc) is 3.13. The lowest BCUT2D eigenvalue weighted by Gasteiger charge is -2.44. The second-order valence-electron chi connectivity index (χ2n) is 8.82. The van der Waals surface area contributed by atoms with Crippen molar-refractivity contribution in [3.8, 4) is 5.75 Å². The van der Waals surface area contributed by atoms with Gasteiger partial charge in [-0.1, -0.05) is 23.2 Å². The SMILES string of the molecule is COc1cc(N2CCN(C(=O)Cn3nc(C(F)(F)F)c(Cl)c3C)C(CN3CCOCC3)C2)ccc1Cl. The van der Waals surface area contributed by atoms with Crippen molar-refractivity contribution in [3.05, 3.63) is 39.6 Å². The van der Waals surface area contributed by atoms with E-state index < -0.39 is 16.9 Å². The Hall–Kier alpha value is -2.21. The molecular formula is C23H28Cl2F3N5O3. The maximum absolute atomic E-state index is 13.4. The number of aromatic nitrogens is 2. The number of ether oxygens (including phenoxy) is 2. The number of piperazine rings is 1. The number of carbonyl (C=O) groups is 1. The average molecular weight is 550 g/mol. The van der Waals surface area contributed by atoms with Crippen LogP contribution < -0.4 is 9.64 Å². The highest BCUT2D eigenvalue weighted by atomic mass is 35.5. The van der Waals surface area contributed by atoms with Crippen LogP contribution in [0.25, 0.3) is 0 Å². The van der Waals surface area contributed by atoms with Crippen molar-refractivity contribution in [1.29, 1.82) is 0 Å². The number of hydrogen-bond donors (Lipinski definition) is 0. The first-order valence-electron chi connectivity index (χ1n) is 11.6. The molecule has 1 amide bonds. The molecule has 2 aliphatic rings. The molecule has 0 bridgehead atoms. The third-order valence-electron chi connectivity index (χ3n) is 6.56. The quantitative estimate of drug-likeness (QED) is 0.549. The van der Waals surface area contributed by atoms with Crippen molar-refractivity contribution < 1.29 is 27.4 Å². The molecule has 0 saturated carbocycles. The summed E-state index contributed by atoms with van der Waals surface area (Å²) in [5, 5.41) is 3.62. The van der Waals surface area contributed by atoms with Gasteiger partial charge in [0, 0.05) is 51.0 Å². The van der Waals surface area contributed by atoms with E-state index in [0.29, 0.717) is 50.2 Å². The first-order valence-corrected chi connectivity index (χ1v) is 12.3. The number of amides is 1. The summed E-state index contributed by atoms with van der Waals surface area (Å²) in [6, 6.07) is 5.34. The maximum atomic E-state index is 13.4. The lowest BCUT2D eigenvalue weighted by Crippen LogP contribution is -2.60. The standard InChI is InChI=1S/C23H28Cl2F3N5O3/c1-15-21(25)22(23(26,27)28)29-33(15)14-20(34)32-6-5-31(16-3-4-18(24)19(11-16)35-2)13-17(32)12-30-7-9-36-10-8-30/h3-4,11,17H,5-10,12-14H2,1-2H3. The minimum absolute atomic E-state index is 0.106. The van der Waals surface area contributed by atoms with E-state index in [-0.39, 0.29) is 24.2 Å². The summed E-state index contributed by atoms with van der Waals surface area (Å²) >= 11 is 12.1. The van der Waals surface area contributed by atoms with Gasteiger partial charge in [0.1, 0.15) is 12.3 Å². The summed E-state index contributed by atoms with van der Waals surface area (Å²) in [5.41, 5.74) is -0.158. The van der Waals surface area contributed by atoms with E-state index in [1.807, 2.05) is 12.1 Å². The fourth-order valence-electron chi connectivity index (χ4n) is 4.58. The summed E-state index contributed by atoms with van der Waals surface area (Å²) in [5.74, 6) is 0.251. The number of carbonyl (C=O) groups excluding carboxylic acids is 1. The first-order chi connectivity index (χ1) is 17.1. The Morgan fingerprint density at radius 2 is 1.92 bits per heavy atom. The fraction of sp³-hybridized carbons (Fsp3) is 0.565. The molecule has 1 aromatic carbocycles. The van der Waals surface area contributed by atoms with Crippen LogP contribution in [-0.4, -0.2) is 91.1 Å². The third-order valence-corrected chi connectivity index (χ3v) is 7.33. The Morgan fingerprint density at radius 1 is 1.19 bits per heavy atom. The normalized spacial score (nSPS) is 19.6. The summed E-state index contributed by atoms with van der Waals surface area (Å²) in [6.45, 7) is 5.93. The van der Waals surface area contributed by atoms with Crippen LogP contribution in [0.1, 0.15) is 11.4 Å². The molecule has 2 saturated heterocycles. The molecule has 13 heteroatoms. The molecule has 1 atom stereocenters. The molecule has 3 heterocycles. The molecule has 8 nitrogen and oxygen atoms in total. The van der Waals surface area contributed by atoms with Crippen LogP contribution in [-0.2, 0) is 22.3 Å². The van der Waals surface area contributed by atoms with E-state index >= 15 is 0 Å². The molecule has 0 aliphatic carbocycles. The van der Waals surface area contributed by atoms with Crippen molar-refractivity contribution in [2.24, 2.45) is 0 Å². The topological polar surface area (TPSA) is 63.1 Å². The second kappa shape index (κ2) is 11.0. The number of nitrogens with zero attached hydrogens (tertiary/aromatic N) is 5. The molecule has 0 spiro atoms. The van der Waals surface area contributed by atoms with Gasteiger partial charge in [-0.25, -0.2) is 0 Å². The van der Waals surface area contributed by atoms with E-state index in [9.17, 15) is 18.0 Å². The van der Waals surface area contributed by atoms with Crippen LogP contribution in [0.3, 0.4) is 0 Å². The zero-order chi connectivity index (χ0) is 26.0. The molecule has 198 valence electrons. The largest absolute Gasteiger partial charge is 0.495 e. The molecular weight excluding hydrogens is 522 g/mol. The van der Waals surface area contributed by atoms with Gasteiger partial charge in [-0.05, 0) is 19.1 Å². The molecule has 4 rings (SSSR count). The Bertz CT molecular complexity index is 1090. The molecule has 1 unspecified atom stereocenters. The van der Waals surface area contributed by atoms with Gasteiger partial charge in [-0.2, -0.15) is 18.3 Å². The number of rotatable bonds is 6. The van der Waals surface area contributed by atoms with E-state index in [1.165, 1.54) is 6.92 Å². The molecule has 2 aromatic rings. The summed E-state index contributed by atoms with van der Waals surface area (Å²) in [6.07, 6.45) is -4.69. The lowest BCUT2D eigenvalue weighted by atomic mass is 10.1. The van der Waals surface area contributed by atoms with Crippen LogP contribution in [0.4, 0.5) is 18.9 Å². The minimum atomic E-state index is -4.69. The summed E-state index contributed by atoms with van der Waals surface area (Å²) in [4.78, 5) is 19.5. The van der Waals surface area contributed by atoms with Crippen molar-refractivity contribution in [3.63, 3.8) is 0 Å². The van der Waals surface area contributed by atoms with E-state index in [0.717, 1.165) is 23.5 Å². The molecule has 2 fully saturated rings. The Balaban J connectivity index is 1.54. The lowest BCUT2D eigenvalue weighted by molar-refractivity contribution is -0.142. The number of morpholine rings is 1. The van der Waals surface area contributed by atoms with Gasteiger partial charge < -0.3 is 19.3 Å². The van der Waals surface area contributed by atoms with Crippen LogP contribution in [0.15, 0.2) is 18.2 Å². The number of anilines is 1. The van der Waals surface area contributed by atoms with Gasteiger partial charge in [-0.3, -0.25) is 14.4 Å². The van der Waals surface area contributed by atoms with E-state index in [1.54, 1.807) is 18.1 Å². The summed E-state index contributed by atoms with van der Waals surface area (Å²) in [7, 11) is 1.55. The number of benzene rings is 1. The number of halogens is 5. The molecule has 36 heavy (non-hydrogen) atoms. The van der Waals surface area contributed by atoms with Gasteiger partial charge in [0.15, 0.2) is 5.69 Å². The van der Waals surface area contributed by atoms with Crippen LogP contribution in [0.2, 0.25) is 10.0 Å². The van der Waals surface area contributed by atoms with Crippen molar-refractivity contribution in [1.82, 2.24) is 19.6 Å². The highest BCUT2D eigenvalue weighted by molar-refractivity contribution is 6.32. The Kier molecular flexibility index (Phi) is 8.23. The van der Waals surface area contributed by atoms with Gasteiger partial charge >= 0.3 is 6.18 Å². The van der Waals surface area contributed by atoms with Gasteiger partial charge in [0.05, 0.1) is 42.1 Å². The first kappa shape index (κ1) is 26.8. The Labute approximate surface area is 217 Å². The smallest absolute Gasteiger partial charge is 0.436 e. The predicted molar refractivity (Wildman–Crippen MR) is 130 cm³/mol. The maximum Gasteiger partial charge on any atom is 0.436 e. The third kappa shape index (κ3) is 5.85. The predicted octanol–water partition coefficient (Wildman–Crippen LogP) is 3.58. The zero-order valence-electron chi connectivity index (χ0n) is 20.0. The van der Waals surface area contributed by atoms with Crippen LogP contribution in [0.5, 0.6) is 5.75 Å². The monoisotopic (exact) mass is 549 g/mol. The highest BCUT2D eigenvalue weighted by Crippen LogP contribution is 2.35. The number of methoxy groups -OCH3 is 1.